The summed E-state index contributed by atoms with van der Waals surface area (Å²) in [4.78, 5) is 26.1. The molecule has 0 radical (unpaired) electrons. The van der Waals surface area contributed by atoms with Crippen molar-refractivity contribution in [1.29, 1.82) is 0 Å². The summed E-state index contributed by atoms with van der Waals surface area (Å²) in [6.07, 6.45) is 5.33. The Morgan fingerprint density at radius 3 is 2.11 bits per heavy atom. The van der Waals surface area contributed by atoms with Crippen molar-refractivity contribution in [3.05, 3.63) is 95.6 Å². The highest BCUT2D eigenvalue weighted by molar-refractivity contribution is 6.04. The van der Waals surface area contributed by atoms with Gasteiger partial charge in [0.15, 0.2) is 11.6 Å². The summed E-state index contributed by atoms with van der Waals surface area (Å²) in [5.41, 5.74) is 1.78. The van der Waals surface area contributed by atoms with E-state index in [-0.39, 0.29) is 18.0 Å². The van der Waals surface area contributed by atoms with Crippen LogP contribution in [0.2, 0.25) is 0 Å². The third-order valence-corrected chi connectivity index (χ3v) is 4.81. The first kappa shape index (κ1) is 19.0. The third-order valence-electron chi connectivity index (χ3n) is 4.81. The van der Waals surface area contributed by atoms with Gasteiger partial charge in [0.25, 0.3) is 0 Å². The Kier molecular flexibility index (Phi) is 5.79. The highest BCUT2D eigenvalue weighted by Gasteiger charge is 2.49. The number of methoxy groups -OCH3 is 2. The first-order valence-corrected chi connectivity index (χ1v) is 8.78. The lowest BCUT2D eigenvalue weighted by Crippen LogP contribution is -2.50. The SMILES string of the molecule is COC1(OC)C(C(=O)Cc2ccccc2)=CC=CC1C(=O)c1ccccc1. The van der Waals surface area contributed by atoms with Gasteiger partial charge in [-0.05, 0) is 5.56 Å². The second kappa shape index (κ2) is 8.25. The van der Waals surface area contributed by atoms with Gasteiger partial charge in [-0.15, -0.1) is 0 Å². The number of benzene rings is 2. The molecule has 27 heavy (non-hydrogen) atoms. The van der Waals surface area contributed by atoms with Gasteiger partial charge in [0.05, 0.1) is 11.5 Å². The Hall–Kier alpha value is -2.82. The maximum Gasteiger partial charge on any atom is 0.211 e. The van der Waals surface area contributed by atoms with E-state index in [0.717, 1.165) is 5.56 Å². The molecule has 0 aliphatic heterocycles. The fraction of sp³-hybridized carbons (Fsp3) is 0.217. The van der Waals surface area contributed by atoms with E-state index in [2.05, 4.69) is 0 Å². The second-order valence-electron chi connectivity index (χ2n) is 6.33. The third kappa shape index (κ3) is 3.68. The molecular weight excluding hydrogens is 340 g/mol. The second-order valence-corrected chi connectivity index (χ2v) is 6.33. The van der Waals surface area contributed by atoms with Crippen molar-refractivity contribution < 1.29 is 19.1 Å². The minimum absolute atomic E-state index is 0.139. The largest absolute Gasteiger partial charge is 0.348 e. The summed E-state index contributed by atoms with van der Waals surface area (Å²) in [6.45, 7) is 0. The highest BCUT2D eigenvalue weighted by atomic mass is 16.7. The maximum atomic E-state index is 13.1. The van der Waals surface area contributed by atoms with Gasteiger partial charge in [0, 0.05) is 26.2 Å². The van der Waals surface area contributed by atoms with Crippen LogP contribution >= 0.6 is 0 Å². The maximum absolute atomic E-state index is 13.1. The normalized spacial score (nSPS) is 18.0. The molecule has 1 aliphatic carbocycles. The predicted octanol–water partition coefficient (Wildman–Crippen LogP) is 3.78. The first-order chi connectivity index (χ1) is 13.1. The molecule has 0 bridgehead atoms. The zero-order valence-corrected chi connectivity index (χ0v) is 15.4. The minimum Gasteiger partial charge on any atom is -0.348 e. The molecule has 0 fully saturated rings. The summed E-state index contributed by atoms with van der Waals surface area (Å²) < 4.78 is 11.3. The zero-order valence-electron chi connectivity index (χ0n) is 15.4. The lowest BCUT2D eigenvalue weighted by Gasteiger charge is -2.39. The molecule has 3 rings (SSSR count). The van der Waals surface area contributed by atoms with E-state index >= 15 is 0 Å². The van der Waals surface area contributed by atoms with Crippen LogP contribution in [0.4, 0.5) is 0 Å². The highest BCUT2D eigenvalue weighted by Crippen LogP contribution is 2.38. The van der Waals surface area contributed by atoms with E-state index in [1.807, 2.05) is 36.4 Å². The fourth-order valence-corrected chi connectivity index (χ4v) is 3.44. The summed E-state index contributed by atoms with van der Waals surface area (Å²) in [7, 11) is 2.91. The van der Waals surface area contributed by atoms with Gasteiger partial charge in [-0.25, -0.2) is 0 Å². The van der Waals surface area contributed by atoms with Gasteiger partial charge in [0.2, 0.25) is 5.79 Å². The van der Waals surface area contributed by atoms with E-state index in [9.17, 15) is 9.59 Å². The number of Topliss-reactive ketones (excluding diaryl/α,β-unsaturated/α-hetero) is 2. The van der Waals surface area contributed by atoms with Crippen LogP contribution in [0.1, 0.15) is 15.9 Å². The van der Waals surface area contributed by atoms with Crippen molar-refractivity contribution >= 4 is 11.6 Å². The smallest absolute Gasteiger partial charge is 0.211 e. The Morgan fingerprint density at radius 1 is 0.926 bits per heavy atom. The van der Waals surface area contributed by atoms with Crippen LogP contribution in [0.3, 0.4) is 0 Å². The number of hydrogen-bond donors (Lipinski definition) is 0. The number of hydrogen-bond acceptors (Lipinski definition) is 4. The van der Waals surface area contributed by atoms with E-state index in [4.69, 9.17) is 9.47 Å². The summed E-state index contributed by atoms with van der Waals surface area (Å²) in [5, 5.41) is 0. The number of carbonyl (C=O) groups is 2. The van der Waals surface area contributed by atoms with Crippen LogP contribution in [0.25, 0.3) is 0 Å². The van der Waals surface area contributed by atoms with Crippen molar-refractivity contribution in [2.24, 2.45) is 5.92 Å². The lowest BCUT2D eigenvalue weighted by molar-refractivity contribution is -0.195. The summed E-state index contributed by atoms with van der Waals surface area (Å²) >= 11 is 0. The van der Waals surface area contributed by atoms with Crippen molar-refractivity contribution in [2.75, 3.05) is 14.2 Å². The molecule has 0 amide bonds. The molecule has 0 aromatic heterocycles. The monoisotopic (exact) mass is 362 g/mol. The predicted molar refractivity (Wildman–Crippen MR) is 103 cm³/mol. The van der Waals surface area contributed by atoms with Gasteiger partial charge in [-0.3, -0.25) is 9.59 Å². The zero-order chi connectivity index (χ0) is 19.3. The molecular formula is C23H22O4. The Labute approximate surface area is 159 Å². The van der Waals surface area contributed by atoms with Crippen molar-refractivity contribution in [1.82, 2.24) is 0 Å². The van der Waals surface area contributed by atoms with Gasteiger partial charge in [-0.2, -0.15) is 0 Å². The van der Waals surface area contributed by atoms with Crippen molar-refractivity contribution in [3.8, 4) is 0 Å². The van der Waals surface area contributed by atoms with E-state index < -0.39 is 11.7 Å². The Morgan fingerprint density at radius 2 is 1.52 bits per heavy atom. The molecule has 138 valence electrons. The topological polar surface area (TPSA) is 52.6 Å². The van der Waals surface area contributed by atoms with E-state index in [0.29, 0.717) is 11.1 Å². The van der Waals surface area contributed by atoms with Gasteiger partial charge >= 0.3 is 0 Å². The van der Waals surface area contributed by atoms with Crippen LogP contribution in [-0.2, 0) is 20.7 Å². The first-order valence-electron chi connectivity index (χ1n) is 8.78. The lowest BCUT2D eigenvalue weighted by atomic mass is 9.79. The van der Waals surface area contributed by atoms with Crippen LogP contribution in [0.5, 0.6) is 0 Å². The molecule has 0 saturated carbocycles. The number of ether oxygens (including phenoxy) is 2. The molecule has 0 heterocycles. The van der Waals surface area contributed by atoms with Crippen molar-refractivity contribution in [3.63, 3.8) is 0 Å². The molecule has 1 aliphatic rings. The van der Waals surface area contributed by atoms with Gasteiger partial charge in [0.1, 0.15) is 0 Å². The number of ketones is 2. The molecule has 0 spiro atoms. The number of carbonyl (C=O) groups excluding carboxylic acids is 2. The van der Waals surface area contributed by atoms with Gasteiger partial charge in [-0.1, -0.05) is 78.9 Å². The Bertz CT molecular complexity index is 862. The van der Waals surface area contributed by atoms with Crippen LogP contribution < -0.4 is 0 Å². The quantitative estimate of drug-likeness (QED) is 0.556. The van der Waals surface area contributed by atoms with Crippen molar-refractivity contribution in [2.45, 2.75) is 12.2 Å². The number of rotatable bonds is 7. The average molecular weight is 362 g/mol. The van der Waals surface area contributed by atoms with Gasteiger partial charge < -0.3 is 9.47 Å². The number of allylic oxidation sites excluding steroid dienone is 2. The minimum atomic E-state index is -1.45. The summed E-state index contributed by atoms with van der Waals surface area (Å²) in [5.74, 6) is -2.50. The molecule has 2 aromatic carbocycles. The Balaban J connectivity index is 1.94. The fourth-order valence-electron chi connectivity index (χ4n) is 3.44. The average Bonchev–Trinajstić information content (AvgIpc) is 2.73. The molecule has 0 saturated heterocycles. The van der Waals surface area contributed by atoms with E-state index in [1.165, 1.54) is 14.2 Å². The molecule has 4 heteroatoms. The van der Waals surface area contributed by atoms with E-state index in [1.54, 1.807) is 42.5 Å². The molecule has 1 unspecified atom stereocenters. The molecule has 2 aromatic rings. The van der Waals surface area contributed by atoms with Crippen LogP contribution in [-0.4, -0.2) is 31.6 Å². The molecule has 1 atom stereocenters. The van der Waals surface area contributed by atoms with Crippen LogP contribution in [0.15, 0.2) is 84.5 Å². The molecule has 0 N–H and O–H groups in total. The molecule has 4 nitrogen and oxygen atoms in total. The summed E-state index contributed by atoms with van der Waals surface area (Å²) in [6, 6.07) is 18.4. The standard InChI is InChI=1S/C23H22O4/c1-26-23(27-2)19(21(24)16-17-10-5-3-6-11-17)14-9-15-20(23)22(25)18-12-7-4-8-13-18/h3-15,20H,16H2,1-2H3. The van der Waals surface area contributed by atoms with Crippen LogP contribution in [0, 0.1) is 5.92 Å².